The van der Waals surface area contributed by atoms with E-state index >= 15 is 0 Å². The minimum Gasteiger partial charge on any atom is -0.464 e. The minimum absolute atomic E-state index is 0.121. The van der Waals surface area contributed by atoms with Gasteiger partial charge in [-0.05, 0) is 20.8 Å². The third-order valence-corrected chi connectivity index (χ3v) is 2.25. The number of nitrogens with one attached hydrogen (secondary N) is 1. The standard InChI is InChI=1S/C11H22N2O4/c1-5-17-10(15)11(2,3)13-9(14)6-8(7-12)16-4/h8H,5-7,12H2,1-4H3,(H,13,14). The summed E-state index contributed by atoms with van der Waals surface area (Å²) in [5.74, 6) is -0.754. The monoisotopic (exact) mass is 246 g/mol. The molecule has 0 aliphatic rings. The molecule has 0 aromatic carbocycles. The van der Waals surface area contributed by atoms with Crippen LogP contribution in [0.4, 0.5) is 0 Å². The molecular formula is C11H22N2O4. The van der Waals surface area contributed by atoms with E-state index in [4.69, 9.17) is 15.2 Å². The predicted molar refractivity (Wildman–Crippen MR) is 63.3 cm³/mol. The summed E-state index contributed by atoms with van der Waals surface area (Å²) in [6.45, 7) is 5.43. The van der Waals surface area contributed by atoms with E-state index in [0.717, 1.165) is 0 Å². The van der Waals surface area contributed by atoms with Crippen LogP contribution in [0.15, 0.2) is 0 Å². The number of carbonyl (C=O) groups is 2. The van der Waals surface area contributed by atoms with Gasteiger partial charge in [-0.2, -0.15) is 0 Å². The molecule has 1 atom stereocenters. The molecule has 0 saturated carbocycles. The fourth-order valence-corrected chi connectivity index (χ4v) is 1.23. The summed E-state index contributed by atoms with van der Waals surface area (Å²) in [5, 5.41) is 2.59. The molecule has 1 unspecified atom stereocenters. The summed E-state index contributed by atoms with van der Waals surface area (Å²) >= 11 is 0. The van der Waals surface area contributed by atoms with E-state index in [1.807, 2.05) is 0 Å². The van der Waals surface area contributed by atoms with Crippen LogP contribution in [0.1, 0.15) is 27.2 Å². The van der Waals surface area contributed by atoms with Crippen LogP contribution in [-0.2, 0) is 19.1 Å². The van der Waals surface area contributed by atoms with Crippen LogP contribution in [0.3, 0.4) is 0 Å². The molecule has 0 fully saturated rings. The number of methoxy groups -OCH3 is 1. The first-order chi connectivity index (χ1) is 7.87. The molecule has 0 aromatic rings. The minimum atomic E-state index is -1.04. The van der Waals surface area contributed by atoms with Crippen LogP contribution in [0, 0.1) is 0 Å². The molecule has 3 N–H and O–H groups in total. The van der Waals surface area contributed by atoms with Crippen LogP contribution in [0.5, 0.6) is 0 Å². The van der Waals surface area contributed by atoms with E-state index in [1.165, 1.54) is 7.11 Å². The first-order valence-corrected chi connectivity index (χ1v) is 5.58. The van der Waals surface area contributed by atoms with Gasteiger partial charge in [0.05, 0.1) is 19.1 Å². The summed E-state index contributed by atoms with van der Waals surface area (Å²) in [6.07, 6.45) is -0.219. The van der Waals surface area contributed by atoms with Gasteiger partial charge in [0, 0.05) is 13.7 Å². The molecule has 0 radical (unpaired) electrons. The van der Waals surface area contributed by atoms with Crippen molar-refractivity contribution >= 4 is 11.9 Å². The maximum absolute atomic E-state index is 11.6. The Hall–Kier alpha value is -1.14. The van der Waals surface area contributed by atoms with Crippen molar-refractivity contribution in [2.45, 2.75) is 38.8 Å². The molecule has 0 rings (SSSR count). The Labute approximate surface area is 102 Å². The van der Waals surface area contributed by atoms with Crippen molar-refractivity contribution in [3.05, 3.63) is 0 Å². The van der Waals surface area contributed by atoms with Crippen molar-refractivity contribution in [2.24, 2.45) is 5.73 Å². The normalized spacial score (nSPS) is 13.0. The number of hydrogen-bond acceptors (Lipinski definition) is 5. The largest absolute Gasteiger partial charge is 0.464 e. The van der Waals surface area contributed by atoms with Crippen molar-refractivity contribution < 1.29 is 19.1 Å². The summed E-state index contributed by atoms with van der Waals surface area (Å²) in [4.78, 5) is 23.2. The fraction of sp³-hybridized carbons (Fsp3) is 0.818. The summed E-state index contributed by atoms with van der Waals surface area (Å²) in [7, 11) is 1.49. The second-order valence-corrected chi connectivity index (χ2v) is 4.19. The Morgan fingerprint density at radius 3 is 2.41 bits per heavy atom. The number of hydrogen-bond donors (Lipinski definition) is 2. The topological polar surface area (TPSA) is 90.7 Å². The van der Waals surface area contributed by atoms with Crippen molar-refractivity contribution in [2.75, 3.05) is 20.3 Å². The highest BCUT2D eigenvalue weighted by atomic mass is 16.5. The average Bonchev–Trinajstić information content (AvgIpc) is 2.25. The Kier molecular flexibility index (Phi) is 6.75. The van der Waals surface area contributed by atoms with Gasteiger partial charge in [-0.15, -0.1) is 0 Å². The van der Waals surface area contributed by atoms with E-state index < -0.39 is 11.5 Å². The lowest BCUT2D eigenvalue weighted by Gasteiger charge is -2.24. The zero-order valence-corrected chi connectivity index (χ0v) is 10.9. The van der Waals surface area contributed by atoms with Gasteiger partial charge >= 0.3 is 5.97 Å². The fourth-order valence-electron chi connectivity index (χ4n) is 1.23. The molecule has 6 heteroatoms. The number of esters is 1. The van der Waals surface area contributed by atoms with Crippen LogP contribution >= 0.6 is 0 Å². The molecule has 0 heterocycles. The van der Waals surface area contributed by atoms with Crippen LogP contribution in [-0.4, -0.2) is 43.8 Å². The van der Waals surface area contributed by atoms with Gasteiger partial charge in [-0.1, -0.05) is 0 Å². The predicted octanol–water partition coefficient (Wildman–Crippen LogP) is -0.192. The highest BCUT2D eigenvalue weighted by molar-refractivity contribution is 5.87. The first kappa shape index (κ1) is 15.9. The van der Waals surface area contributed by atoms with Crippen molar-refractivity contribution in [3.63, 3.8) is 0 Å². The van der Waals surface area contributed by atoms with Crippen LogP contribution < -0.4 is 11.1 Å². The molecule has 6 nitrogen and oxygen atoms in total. The molecule has 100 valence electrons. The van der Waals surface area contributed by atoms with Gasteiger partial charge in [-0.25, -0.2) is 4.79 Å². The lowest BCUT2D eigenvalue weighted by Crippen LogP contribution is -2.51. The third-order valence-electron chi connectivity index (χ3n) is 2.25. The maximum Gasteiger partial charge on any atom is 0.331 e. The molecule has 0 spiro atoms. The SMILES string of the molecule is CCOC(=O)C(C)(C)NC(=O)CC(CN)OC. The van der Waals surface area contributed by atoms with Crippen LogP contribution in [0.2, 0.25) is 0 Å². The quantitative estimate of drug-likeness (QED) is 0.607. The Bertz CT molecular complexity index is 262. The van der Waals surface area contributed by atoms with E-state index in [0.29, 0.717) is 0 Å². The lowest BCUT2D eigenvalue weighted by molar-refractivity contribution is -0.152. The molecule has 0 bridgehead atoms. The number of carbonyl (C=O) groups excluding carboxylic acids is 2. The second-order valence-electron chi connectivity index (χ2n) is 4.19. The lowest BCUT2D eigenvalue weighted by atomic mass is 10.1. The number of rotatable bonds is 7. The van der Waals surface area contributed by atoms with Gasteiger partial charge in [0.15, 0.2) is 0 Å². The zero-order valence-electron chi connectivity index (χ0n) is 10.9. The van der Waals surface area contributed by atoms with Gasteiger partial charge in [-0.3, -0.25) is 4.79 Å². The molecule has 0 aliphatic heterocycles. The van der Waals surface area contributed by atoms with Crippen LogP contribution in [0.25, 0.3) is 0 Å². The second kappa shape index (κ2) is 7.24. The number of amides is 1. The number of nitrogens with two attached hydrogens (primary N) is 1. The van der Waals surface area contributed by atoms with Gasteiger partial charge < -0.3 is 20.5 Å². The Morgan fingerprint density at radius 2 is 2.00 bits per heavy atom. The van der Waals surface area contributed by atoms with Crippen molar-refractivity contribution in [1.29, 1.82) is 0 Å². The van der Waals surface area contributed by atoms with Gasteiger partial charge in [0.25, 0.3) is 0 Å². The Morgan fingerprint density at radius 1 is 1.41 bits per heavy atom. The average molecular weight is 246 g/mol. The smallest absolute Gasteiger partial charge is 0.331 e. The summed E-state index contributed by atoms with van der Waals surface area (Å²) in [5.41, 5.74) is 4.36. The highest BCUT2D eigenvalue weighted by Gasteiger charge is 2.31. The van der Waals surface area contributed by atoms with Crippen molar-refractivity contribution in [1.82, 2.24) is 5.32 Å². The molecular weight excluding hydrogens is 224 g/mol. The zero-order chi connectivity index (χ0) is 13.5. The maximum atomic E-state index is 11.6. The molecule has 0 aliphatic carbocycles. The van der Waals surface area contributed by atoms with E-state index in [2.05, 4.69) is 5.32 Å². The van der Waals surface area contributed by atoms with E-state index in [-0.39, 0.29) is 31.6 Å². The number of ether oxygens (including phenoxy) is 2. The Balaban J connectivity index is 4.31. The van der Waals surface area contributed by atoms with Gasteiger partial charge in [0.1, 0.15) is 5.54 Å². The molecule has 1 amide bonds. The molecule has 0 aromatic heterocycles. The van der Waals surface area contributed by atoms with E-state index in [1.54, 1.807) is 20.8 Å². The summed E-state index contributed by atoms with van der Waals surface area (Å²) < 4.78 is 9.85. The highest BCUT2D eigenvalue weighted by Crippen LogP contribution is 2.06. The molecule has 0 saturated heterocycles. The van der Waals surface area contributed by atoms with Gasteiger partial charge in [0.2, 0.25) is 5.91 Å². The summed E-state index contributed by atoms with van der Waals surface area (Å²) in [6, 6.07) is 0. The third kappa shape index (κ3) is 5.65. The first-order valence-electron chi connectivity index (χ1n) is 5.58. The molecule has 17 heavy (non-hydrogen) atoms. The van der Waals surface area contributed by atoms with E-state index in [9.17, 15) is 9.59 Å². The van der Waals surface area contributed by atoms with Crippen molar-refractivity contribution in [3.8, 4) is 0 Å².